The number of imidazole rings is 1. The van der Waals surface area contributed by atoms with E-state index in [1.807, 2.05) is 0 Å². The molecule has 0 aliphatic heterocycles. The maximum atomic E-state index is 4.59. The Morgan fingerprint density at radius 2 is 2.39 bits per heavy atom. The highest BCUT2D eigenvalue weighted by atomic mass is 32.1. The molecule has 0 aromatic carbocycles. The Balaban J connectivity index is 1.84. The van der Waals surface area contributed by atoms with Gasteiger partial charge in [0.15, 0.2) is 4.96 Å². The van der Waals surface area contributed by atoms with Crippen molar-refractivity contribution in [3.8, 4) is 0 Å². The minimum Gasteiger partial charge on any atom is -0.314 e. The van der Waals surface area contributed by atoms with Gasteiger partial charge in [0.25, 0.3) is 0 Å². The molecule has 18 heavy (non-hydrogen) atoms. The number of hydrogen-bond donors (Lipinski definition) is 1. The molecule has 98 valence electrons. The van der Waals surface area contributed by atoms with Gasteiger partial charge in [0.05, 0.1) is 5.69 Å². The van der Waals surface area contributed by atoms with Gasteiger partial charge in [-0.05, 0) is 19.9 Å². The Labute approximate surface area is 113 Å². The van der Waals surface area contributed by atoms with E-state index < -0.39 is 0 Å². The highest BCUT2D eigenvalue weighted by Crippen LogP contribution is 2.14. The first-order valence-electron chi connectivity index (χ1n) is 6.45. The van der Waals surface area contributed by atoms with Gasteiger partial charge in [0, 0.05) is 30.2 Å². The van der Waals surface area contributed by atoms with E-state index in [0.717, 1.165) is 30.0 Å². The smallest absolute Gasteiger partial charge is 0.193 e. The monoisotopic (exact) mass is 263 g/mol. The minimum atomic E-state index is 0.568. The van der Waals surface area contributed by atoms with Crippen LogP contribution in [0.4, 0.5) is 0 Å². The number of allylic oxidation sites excluding steroid dienone is 1. The van der Waals surface area contributed by atoms with E-state index >= 15 is 0 Å². The zero-order valence-corrected chi connectivity index (χ0v) is 12.1. The van der Waals surface area contributed by atoms with E-state index in [2.05, 4.69) is 59.3 Å². The van der Waals surface area contributed by atoms with Gasteiger partial charge < -0.3 is 5.32 Å². The first kappa shape index (κ1) is 13.3. The molecule has 0 spiro atoms. The van der Waals surface area contributed by atoms with Crippen LogP contribution in [-0.2, 0) is 6.42 Å². The summed E-state index contributed by atoms with van der Waals surface area (Å²) in [6, 6.07) is 0.568. The van der Waals surface area contributed by atoms with Crippen LogP contribution >= 0.6 is 11.3 Å². The molecule has 2 rings (SSSR count). The van der Waals surface area contributed by atoms with Crippen LogP contribution in [0, 0.1) is 0 Å². The Hall–Kier alpha value is -1.13. The van der Waals surface area contributed by atoms with Gasteiger partial charge in [0.2, 0.25) is 0 Å². The normalized spacial score (nSPS) is 12.8. The van der Waals surface area contributed by atoms with E-state index in [0.29, 0.717) is 6.04 Å². The Morgan fingerprint density at radius 3 is 3.11 bits per heavy atom. The van der Waals surface area contributed by atoms with E-state index in [-0.39, 0.29) is 0 Å². The van der Waals surface area contributed by atoms with Gasteiger partial charge in [0.1, 0.15) is 0 Å². The second-order valence-electron chi connectivity index (χ2n) is 4.95. The summed E-state index contributed by atoms with van der Waals surface area (Å²) in [5.41, 5.74) is 2.55. The van der Waals surface area contributed by atoms with Gasteiger partial charge >= 0.3 is 0 Å². The van der Waals surface area contributed by atoms with Gasteiger partial charge in [-0.2, -0.15) is 0 Å². The fraction of sp³-hybridized carbons (Fsp3) is 0.500. The zero-order valence-electron chi connectivity index (χ0n) is 11.3. The SMILES string of the molecule is C/C(=C/CCNC(C)C)Cc1cn2ccsc2n1. The molecule has 0 unspecified atom stereocenters. The average molecular weight is 263 g/mol. The Morgan fingerprint density at radius 1 is 1.56 bits per heavy atom. The van der Waals surface area contributed by atoms with Crippen molar-refractivity contribution in [2.24, 2.45) is 0 Å². The summed E-state index contributed by atoms with van der Waals surface area (Å²) in [7, 11) is 0. The summed E-state index contributed by atoms with van der Waals surface area (Å²) in [5.74, 6) is 0. The topological polar surface area (TPSA) is 29.3 Å². The average Bonchev–Trinajstić information content (AvgIpc) is 2.84. The van der Waals surface area contributed by atoms with Crippen molar-refractivity contribution in [2.45, 2.75) is 39.7 Å². The second kappa shape index (κ2) is 6.16. The van der Waals surface area contributed by atoms with Crippen molar-refractivity contribution < 1.29 is 0 Å². The molecule has 2 aromatic rings. The van der Waals surface area contributed by atoms with E-state index in [1.54, 1.807) is 11.3 Å². The van der Waals surface area contributed by atoms with E-state index in [4.69, 9.17) is 0 Å². The number of fused-ring (bicyclic) bond motifs is 1. The maximum absolute atomic E-state index is 4.59. The van der Waals surface area contributed by atoms with Gasteiger partial charge in [-0.1, -0.05) is 25.5 Å². The van der Waals surface area contributed by atoms with Crippen LogP contribution < -0.4 is 5.32 Å². The van der Waals surface area contributed by atoms with Gasteiger partial charge in [-0.15, -0.1) is 11.3 Å². The van der Waals surface area contributed by atoms with Crippen molar-refractivity contribution in [3.05, 3.63) is 35.1 Å². The van der Waals surface area contributed by atoms with Crippen LogP contribution in [0.15, 0.2) is 29.4 Å². The molecule has 0 amide bonds. The molecule has 1 N–H and O–H groups in total. The fourth-order valence-corrected chi connectivity index (χ4v) is 2.63. The standard InChI is InChI=1S/C14H21N3S/c1-11(2)15-6-4-5-12(3)9-13-10-17-7-8-18-14(17)16-13/h5,7-8,10-11,15H,4,6,9H2,1-3H3/b12-5-. The third kappa shape index (κ3) is 3.68. The molecule has 3 nitrogen and oxygen atoms in total. The first-order valence-corrected chi connectivity index (χ1v) is 7.33. The van der Waals surface area contributed by atoms with Crippen LogP contribution in [0.1, 0.15) is 32.9 Å². The lowest BCUT2D eigenvalue weighted by Crippen LogP contribution is -2.23. The highest BCUT2D eigenvalue weighted by Gasteiger charge is 2.02. The Bertz CT molecular complexity index is 493. The van der Waals surface area contributed by atoms with Crippen LogP contribution in [0.3, 0.4) is 0 Å². The summed E-state index contributed by atoms with van der Waals surface area (Å²) >= 11 is 1.68. The van der Waals surface area contributed by atoms with Gasteiger partial charge in [-0.3, -0.25) is 4.40 Å². The maximum Gasteiger partial charge on any atom is 0.193 e. The Kier molecular flexibility index (Phi) is 4.55. The van der Waals surface area contributed by atoms with E-state index in [1.165, 1.54) is 5.57 Å². The molecule has 0 fully saturated rings. The number of thiazole rings is 1. The molecule has 0 saturated heterocycles. The number of nitrogens with one attached hydrogen (secondary N) is 1. The summed E-state index contributed by atoms with van der Waals surface area (Å²) < 4.78 is 2.09. The van der Waals surface area contributed by atoms with Crippen LogP contribution in [0.25, 0.3) is 4.96 Å². The molecule has 0 atom stereocenters. The number of aromatic nitrogens is 2. The number of hydrogen-bond acceptors (Lipinski definition) is 3. The fourth-order valence-electron chi connectivity index (χ4n) is 1.91. The van der Waals surface area contributed by atoms with Crippen LogP contribution in [-0.4, -0.2) is 22.0 Å². The predicted octanol–water partition coefficient (Wildman–Crippen LogP) is 3.27. The zero-order chi connectivity index (χ0) is 13.0. The summed E-state index contributed by atoms with van der Waals surface area (Å²) in [6.07, 6.45) is 8.53. The molecule has 0 aliphatic rings. The summed E-state index contributed by atoms with van der Waals surface area (Å²) in [5, 5.41) is 5.48. The minimum absolute atomic E-state index is 0.568. The van der Waals surface area contributed by atoms with Crippen molar-refractivity contribution in [1.82, 2.24) is 14.7 Å². The third-order valence-electron chi connectivity index (χ3n) is 2.79. The van der Waals surface area contributed by atoms with Crippen LogP contribution in [0.5, 0.6) is 0 Å². The van der Waals surface area contributed by atoms with Crippen molar-refractivity contribution >= 4 is 16.3 Å². The summed E-state index contributed by atoms with van der Waals surface area (Å²) in [4.78, 5) is 5.68. The lowest BCUT2D eigenvalue weighted by Gasteiger charge is -2.05. The molecule has 0 radical (unpaired) electrons. The quantitative estimate of drug-likeness (QED) is 0.640. The molecule has 4 heteroatoms. The second-order valence-corrected chi connectivity index (χ2v) is 5.82. The molecule has 2 heterocycles. The molecular formula is C14H21N3S. The molecule has 0 aliphatic carbocycles. The highest BCUT2D eigenvalue weighted by molar-refractivity contribution is 7.15. The van der Waals surface area contributed by atoms with Crippen molar-refractivity contribution in [3.63, 3.8) is 0 Å². The number of nitrogens with zero attached hydrogens (tertiary/aromatic N) is 2. The van der Waals surface area contributed by atoms with Crippen molar-refractivity contribution in [2.75, 3.05) is 6.54 Å². The molecular weight excluding hydrogens is 242 g/mol. The van der Waals surface area contributed by atoms with Crippen LogP contribution in [0.2, 0.25) is 0 Å². The van der Waals surface area contributed by atoms with E-state index in [9.17, 15) is 0 Å². The predicted molar refractivity (Wildman–Crippen MR) is 78.3 cm³/mol. The van der Waals surface area contributed by atoms with Crippen molar-refractivity contribution in [1.29, 1.82) is 0 Å². The lowest BCUT2D eigenvalue weighted by atomic mass is 10.1. The number of rotatable bonds is 6. The lowest BCUT2D eigenvalue weighted by molar-refractivity contribution is 0.594. The summed E-state index contributed by atoms with van der Waals surface area (Å²) in [6.45, 7) is 7.58. The molecule has 0 bridgehead atoms. The molecule has 0 saturated carbocycles. The molecule has 2 aromatic heterocycles. The third-order valence-corrected chi connectivity index (χ3v) is 3.56. The largest absolute Gasteiger partial charge is 0.314 e. The van der Waals surface area contributed by atoms with Gasteiger partial charge in [-0.25, -0.2) is 4.98 Å². The first-order chi connectivity index (χ1) is 8.65.